The Labute approximate surface area is 395 Å². The molecule has 4 aliphatic rings. The van der Waals surface area contributed by atoms with Gasteiger partial charge in [-0.15, -0.1) is 11.8 Å². The first kappa shape index (κ1) is 48.4. The number of ether oxygens (including phenoxy) is 1. The molecular weight excluding hydrogens is 931 g/mol. The quantitative estimate of drug-likeness (QED) is 0.105. The number of morpholine rings is 1. The maximum atomic E-state index is 14.2. The van der Waals surface area contributed by atoms with Crippen LogP contribution in [0.2, 0.25) is 5.02 Å². The van der Waals surface area contributed by atoms with Gasteiger partial charge in [0.1, 0.15) is 4.90 Å². The van der Waals surface area contributed by atoms with Gasteiger partial charge in [0, 0.05) is 84.8 Å². The fraction of sp³-hybridized carbons (Fsp3) is 0.438. The molecule has 18 heteroatoms. The maximum absolute atomic E-state index is 14.2. The average molecular weight is 987 g/mol. The average Bonchev–Trinajstić information content (AvgIpc) is 3.92. The van der Waals surface area contributed by atoms with E-state index < -0.39 is 52.8 Å². The van der Waals surface area contributed by atoms with Gasteiger partial charge in [0.05, 0.1) is 23.3 Å². The fourth-order valence-electron chi connectivity index (χ4n) is 9.40. The lowest BCUT2D eigenvalue weighted by Crippen LogP contribution is -2.47. The molecule has 0 radical (unpaired) electrons. The molecule has 0 aromatic heterocycles. The fourth-order valence-corrected chi connectivity index (χ4v) is 12.5. The number of piperazine rings is 1. The Morgan fingerprint density at radius 2 is 1.65 bits per heavy atom. The summed E-state index contributed by atoms with van der Waals surface area (Å²) in [6.07, 6.45) is 4.67. The molecule has 2 bridgehead atoms. The van der Waals surface area contributed by atoms with Crippen LogP contribution in [0.3, 0.4) is 0 Å². The minimum Gasteiger partial charge on any atom is -0.380 e. The molecule has 2 N–H and O–H groups in total. The smallest absolute Gasteiger partial charge is 0.380 e. The van der Waals surface area contributed by atoms with Gasteiger partial charge in [-0.3, -0.25) is 14.6 Å². The predicted octanol–water partition coefficient (Wildman–Crippen LogP) is 8.97. The zero-order chi connectivity index (χ0) is 46.9. The summed E-state index contributed by atoms with van der Waals surface area (Å²) in [5.74, 6) is -0.643. The Morgan fingerprint density at radius 1 is 0.939 bits per heavy atom. The van der Waals surface area contributed by atoms with Crippen LogP contribution in [0.5, 0.6) is 0 Å². The topological polar surface area (TPSA) is 128 Å². The van der Waals surface area contributed by atoms with Crippen molar-refractivity contribution in [2.24, 2.45) is 5.41 Å². The third kappa shape index (κ3) is 11.4. The van der Waals surface area contributed by atoms with Gasteiger partial charge in [-0.1, -0.05) is 61.4 Å². The number of benzene rings is 4. The second-order valence-corrected chi connectivity index (χ2v) is 23.5. The van der Waals surface area contributed by atoms with Crippen LogP contribution in [-0.4, -0.2) is 114 Å². The largest absolute Gasteiger partial charge is 0.501 e. The van der Waals surface area contributed by atoms with Crippen LogP contribution in [0.15, 0.2) is 117 Å². The summed E-state index contributed by atoms with van der Waals surface area (Å²) < 4.78 is 104. The summed E-state index contributed by atoms with van der Waals surface area (Å²) in [6, 6.07) is 26.1. The number of nitrogens with one attached hydrogen (secondary N) is 2. The lowest BCUT2D eigenvalue weighted by Gasteiger charge is -2.39. The Bertz CT molecular complexity index is 2630. The number of allylic oxidation sites excluding steroid dienone is 1. The van der Waals surface area contributed by atoms with Crippen LogP contribution >= 0.6 is 23.4 Å². The van der Waals surface area contributed by atoms with E-state index in [1.54, 1.807) is 12.1 Å². The molecule has 0 spiro atoms. The molecule has 1 aliphatic carbocycles. The number of carbonyl (C=O) groups is 1. The second-order valence-electron chi connectivity index (χ2n) is 18.4. The van der Waals surface area contributed by atoms with Crippen molar-refractivity contribution in [2.75, 3.05) is 68.4 Å². The maximum Gasteiger partial charge on any atom is 0.501 e. The number of alkyl halides is 3. The number of sulfonamides is 1. The normalized spacial score (nSPS) is 21.0. The van der Waals surface area contributed by atoms with Gasteiger partial charge in [0.2, 0.25) is 0 Å². The van der Waals surface area contributed by atoms with Crippen LogP contribution in [0.1, 0.15) is 61.9 Å². The van der Waals surface area contributed by atoms with Crippen molar-refractivity contribution < 1.29 is 39.5 Å². The lowest BCUT2D eigenvalue weighted by atomic mass is 9.73. The van der Waals surface area contributed by atoms with Crippen LogP contribution in [-0.2, 0) is 24.6 Å². The van der Waals surface area contributed by atoms with E-state index >= 15 is 0 Å². The highest BCUT2D eigenvalue weighted by molar-refractivity contribution is 7.99. The molecule has 3 saturated heterocycles. The van der Waals surface area contributed by atoms with Gasteiger partial charge in [0.25, 0.3) is 25.8 Å². The predicted molar refractivity (Wildman–Crippen MR) is 254 cm³/mol. The highest BCUT2D eigenvalue weighted by Crippen LogP contribution is 2.43. The molecule has 11 nitrogen and oxygen atoms in total. The Morgan fingerprint density at radius 3 is 2.30 bits per heavy atom. The summed E-state index contributed by atoms with van der Waals surface area (Å²) in [6.45, 7) is 10.6. The molecule has 3 fully saturated rings. The number of likely N-dealkylation sites (tertiary alicyclic amines) is 1. The standard InChI is InChI=1S/C48H55ClF3N5O6S3/c1-47(2)20-18-43(33-8-12-36(49)13-9-33)35(28-47)29-55-22-24-56(25-23-55)38-14-10-34(11-15-38)46(58)54-66(61,62)42-16-17-44(45(27-42)65(59,60)48(50,51)52)53-37(32-64-41-6-4-3-5-7-41)19-21-57-30-40-26-39(57)31-63-40/h3-17,27,37,39-40,53H,18-26,28-32H2,1-2H3,(H,54,58)/t37-,39?,40?/m1/s1. The van der Waals surface area contributed by atoms with E-state index in [1.807, 2.05) is 47.2 Å². The number of anilines is 2. The van der Waals surface area contributed by atoms with E-state index in [9.17, 15) is 34.8 Å². The highest BCUT2D eigenvalue weighted by atomic mass is 35.5. The number of halogens is 4. The molecule has 354 valence electrons. The summed E-state index contributed by atoms with van der Waals surface area (Å²) in [5.41, 5.74) is -0.999. The van der Waals surface area contributed by atoms with Crippen LogP contribution in [0.25, 0.3) is 5.57 Å². The molecule has 8 rings (SSSR count). The molecule has 3 aliphatic heterocycles. The minimum absolute atomic E-state index is 0.000470. The van der Waals surface area contributed by atoms with Crippen molar-refractivity contribution in [2.45, 2.75) is 84.3 Å². The van der Waals surface area contributed by atoms with Crippen molar-refractivity contribution in [1.29, 1.82) is 0 Å². The zero-order valence-electron chi connectivity index (χ0n) is 36.9. The molecule has 4 aromatic rings. The third-order valence-electron chi connectivity index (χ3n) is 13.1. The number of amides is 1. The summed E-state index contributed by atoms with van der Waals surface area (Å²) in [7, 11) is -10.9. The summed E-state index contributed by atoms with van der Waals surface area (Å²) in [4.78, 5) is 19.2. The zero-order valence-corrected chi connectivity index (χ0v) is 40.1. The molecule has 0 saturated carbocycles. The Kier molecular flexibility index (Phi) is 14.5. The first-order chi connectivity index (χ1) is 31.3. The van der Waals surface area contributed by atoms with E-state index in [2.05, 4.69) is 46.0 Å². The van der Waals surface area contributed by atoms with Gasteiger partial charge in [-0.2, -0.15) is 13.2 Å². The number of carbonyl (C=O) groups excluding carboxylic acids is 1. The number of thioether (sulfide) groups is 1. The highest BCUT2D eigenvalue weighted by Gasteiger charge is 2.49. The van der Waals surface area contributed by atoms with Gasteiger partial charge in [-0.25, -0.2) is 21.6 Å². The number of fused-ring (bicyclic) bond motifs is 2. The Balaban J connectivity index is 0.931. The third-order valence-corrected chi connectivity index (χ3v) is 17.3. The molecule has 66 heavy (non-hydrogen) atoms. The van der Waals surface area contributed by atoms with E-state index in [1.165, 1.54) is 40.6 Å². The molecule has 3 heterocycles. The Hall–Kier alpha value is -4.10. The number of nitrogens with zero attached hydrogens (tertiary/aromatic N) is 3. The molecule has 4 aromatic carbocycles. The number of hydrogen-bond donors (Lipinski definition) is 2. The number of hydrogen-bond acceptors (Lipinski definition) is 11. The molecule has 2 unspecified atom stereocenters. The van der Waals surface area contributed by atoms with Crippen LogP contribution in [0, 0.1) is 5.41 Å². The van der Waals surface area contributed by atoms with Crippen molar-refractivity contribution in [3.05, 3.63) is 119 Å². The van der Waals surface area contributed by atoms with Crippen molar-refractivity contribution in [3.8, 4) is 0 Å². The molecular formula is C48H55ClF3N5O6S3. The lowest BCUT2D eigenvalue weighted by molar-refractivity contribution is -0.0435. The molecule has 1 amide bonds. The first-order valence-electron chi connectivity index (χ1n) is 22.2. The van der Waals surface area contributed by atoms with Crippen molar-refractivity contribution in [1.82, 2.24) is 14.5 Å². The monoisotopic (exact) mass is 985 g/mol. The SMILES string of the molecule is CC1(C)CCC(c2ccc(Cl)cc2)=C(CN2CCN(c3ccc(C(=O)NS(=O)(=O)c4ccc(N[C@H](CCN5CC6CC5CO6)CSc5ccccc5)c(S(=O)(=O)C(F)(F)F)c4)cc3)CC2)C1. The van der Waals surface area contributed by atoms with Gasteiger partial charge in [0.15, 0.2) is 0 Å². The number of sulfone groups is 1. The second kappa shape index (κ2) is 19.9. The van der Waals surface area contributed by atoms with Crippen molar-refractivity contribution >= 4 is 66.1 Å². The molecule has 3 atom stereocenters. The first-order valence-corrected chi connectivity index (χ1v) is 26.5. The number of rotatable bonds is 16. The van der Waals surface area contributed by atoms with Gasteiger partial charge >= 0.3 is 5.51 Å². The van der Waals surface area contributed by atoms with E-state index in [0.29, 0.717) is 36.4 Å². The summed E-state index contributed by atoms with van der Waals surface area (Å²) >= 11 is 7.65. The van der Waals surface area contributed by atoms with E-state index in [4.69, 9.17) is 16.3 Å². The van der Waals surface area contributed by atoms with E-state index in [0.717, 1.165) is 87.7 Å². The minimum atomic E-state index is -6.05. The van der Waals surface area contributed by atoms with Gasteiger partial charge in [-0.05, 0) is 115 Å². The summed E-state index contributed by atoms with van der Waals surface area (Å²) in [5, 5.41) is 3.74. The van der Waals surface area contributed by atoms with Crippen molar-refractivity contribution in [3.63, 3.8) is 0 Å². The van der Waals surface area contributed by atoms with Crippen LogP contribution in [0.4, 0.5) is 24.5 Å². The van der Waals surface area contributed by atoms with Crippen LogP contribution < -0.4 is 14.9 Å². The van der Waals surface area contributed by atoms with E-state index in [-0.39, 0.29) is 23.1 Å². The van der Waals surface area contributed by atoms with Gasteiger partial charge < -0.3 is 15.0 Å².